The van der Waals surface area contributed by atoms with E-state index in [1.165, 1.54) is 4.90 Å². The molecule has 0 atom stereocenters. The molecule has 0 bridgehead atoms. The molecule has 1 rings (SSSR count). The van der Waals surface area contributed by atoms with Gasteiger partial charge in [-0.3, -0.25) is 9.59 Å². The summed E-state index contributed by atoms with van der Waals surface area (Å²) < 4.78 is 0. The van der Waals surface area contributed by atoms with Crippen LogP contribution in [-0.4, -0.2) is 44.4 Å². The lowest BCUT2D eigenvalue weighted by molar-refractivity contribution is -0.116. The average Bonchev–Trinajstić information content (AvgIpc) is 2.40. The first kappa shape index (κ1) is 19.4. The second-order valence-corrected chi connectivity index (χ2v) is 4.98. The Morgan fingerprint density at radius 2 is 1.90 bits per heavy atom. The van der Waals surface area contributed by atoms with Gasteiger partial charge in [-0.1, -0.05) is 6.07 Å². The third kappa shape index (κ3) is 6.14. The van der Waals surface area contributed by atoms with E-state index in [1.54, 1.807) is 26.2 Å². The van der Waals surface area contributed by atoms with Crippen LogP contribution in [0.4, 0.5) is 5.69 Å². The van der Waals surface area contributed by atoms with E-state index in [4.69, 9.17) is 0 Å². The molecule has 0 aromatic heterocycles. The van der Waals surface area contributed by atoms with E-state index < -0.39 is 0 Å². The Kier molecular flexibility index (Phi) is 8.66. The molecule has 0 spiro atoms. The molecule has 0 saturated carbocycles. The maximum Gasteiger partial charge on any atom is 0.253 e. The van der Waals surface area contributed by atoms with Gasteiger partial charge in [-0.25, -0.2) is 0 Å². The number of halogens is 1. The highest BCUT2D eigenvalue weighted by atomic mass is 35.5. The van der Waals surface area contributed by atoms with Gasteiger partial charge < -0.3 is 15.5 Å². The van der Waals surface area contributed by atoms with Crippen molar-refractivity contribution in [1.29, 1.82) is 0 Å². The fourth-order valence-electron chi connectivity index (χ4n) is 1.79. The minimum Gasteiger partial charge on any atom is -0.345 e. The highest BCUT2D eigenvalue weighted by molar-refractivity contribution is 5.97. The van der Waals surface area contributed by atoms with Gasteiger partial charge in [-0.05, 0) is 44.6 Å². The van der Waals surface area contributed by atoms with Crippen molar-refractivity contribution in [2.45, 2.75) is 19.8 Å². The van der Waals surface area contributed by atoms with Crippen molar-refractivity contribution in [2.75, 3.05) is 33.0 Å². The summed E-state index contributed by atoms with van der Waals surface area (Å²) in [6.45, 7) is 2.72. The number of amides is 2. The zero-order chi connectivity index (χ0) is 15.1. The van der Waals surface area contributed by atoms with Crippen LogP contribution in [0.25, 0.3) is 0 Å². The minimum absolute atomic E-state index is 0. The van der Waals surface area contributed by atoms with E-state index in [0.717, 1.165) is 18.5 Å². The van der Waals surface area contributed by atoms with Crippen molar-refractivity contribution in [3.05, 3.63) is 29.3 Å². The number of hydrogen-bond donors (Lipinski definition) is 2. The number of carbonyl (C=O) groups is 2. The lowest BCUT2D eigenvalue weighted by atomic mass is 10.1. The fraction of sp³-hybridized carbons (Fsp3) is 0.467. The summed E-state index contributed by atoms with van der Waals surface area (Å²) in [6, 6.07) is 5.35. The Balaban J connectivity index is 0.00000400. The number of benzene rings is 1. The molecule has 2 amide bonds. The van der Waals surface area contributed by atoms with Gasteiger partial charge in [0, 0.05) is 31.8 Å². The zero-order valence-electron chi connectivity index (χ0n) is 13.0. The van der Waals surface area contributed by atoms with E-state index in [2.05, 4.69) is 10.6 Å². The Bertz CT molecular complexity index is 490. The van der Waals surface area contributed by atoms with Crippen LogP contribution < -0.4 is 10.6 Å². The van der Waals surface area contributed by atoms with Crippen LogP contribution in [0.3, 0.4) is 0 Å². The number of aryl methyl sites for hydroxylation is 1. The summed E-state index contributed by atoms with van der Waals surface area (Å²) in [5, 5.41) is 5.87. The van der Waals surface area contributed by atoms with Crippen LogP contribution >= 0.6 is 12.4 Å². The summed E-state index contributed by atoms with van der Waals surface area (Å²) >= 11 is 0. The second kappa shape index (κ2) is 9.37. The van der Waals surface area contributed by atoms with Gasteiger partial charge in [0.2, 0.25) is 5.91 Å². The smallest absolute Gasteiger partial charge is 0.253 e. The van der Waals surface area contributed by atoms with Gasteiger partial charge >= 0.3 is 0 Å². The first-order chi connectivity index (χ1) is 9.45. The van der Waals surface area contributed by atoms with Gasteiger partial charge in [0.15, 0.2) is 0 Å². The molecule has 0 radical (unpaired) electrons. The maximum atomic E-state index is 11.9. The molecule has 0 heterocycles. The van der Waals surface area contributed by atoms with Gasteiger partial charge in [-0.15, -0.1) is 12.4 Å². The number of anilines is 1. The zero-order valence-corrected chi connectivity index (χ0v) is 13.8. The summed E-state index contributed by atoms with van der Waals surface area (Å²) in [5.74, 6) is -0.103. The first-order valence-corrected chi connectivity index (χ1v) is 6.72. The monoisotopic (exact) mass is 313 g/mol. The molecule has 0 fully saturated rings. The number of nitrogens with zero attached hydrogens (tertiary/aromatic N) is 1. The molecule has 0 aliphatic heterocycles. The summed E-state index contributed by atoms with van der Waals surface area (Å²) in [6.07, 6.45) is 1.25. The average molecular weight is 314 g/mol. The van der Waals surface area contributed by atoms with Crippen molar-refractivity contribution in [2.24, 2.45) is 0 Å². The molecular weight excluding hydrogens is 290 g/mol. The van der Waals surface area contributed by atoms with Gasteiger partial charge in [0.05, 0.1) is 0 Å². The highest BCUT2D eigenvalue weighted by Gasteiger charge is 2.11. The van der Waals surface area contributed by atoms with Crippen LogP contribution in [0.2, 0.25) is 0 Å². The molecule has 0 aliphatic carbocycles. The van der Waals surface area contributed by atoms with Gasteiger partial charge in [0.25, 0.3) is 5.91 Å². The topological polar surface area (TPSA) is 61.4 Å². The summed E-state index contributed by atoms with van der Waals surface area (Å²) in [5.41, 5.74) is 2.22. The molecule has 1 aromatic carbocycles. The third-order valence-corrected chi connectivity index (χ3v) is 3.00. The quantitative estimate of drug-likeness (QED) is 0.790. The highest BCUT2D eigenvalue weighted by Crippen LogP contribution is 2.18. The van der Waals surface area contributed by atoms with Crippen molar-refractivity contribution in [3.8, 4) is 0 Å². The molecule has 5 nitrogen and oxygen atoms in total. The summed E-state index contributed by atoms with van der Waals surface area (Å²) in [7, 11) is 5.27. The molecule has 118 valence electrons. The third-order valence-electron chi connectivity index (χ3n) is 3.00. The Hall–Kier alpha value is -1.59. The van der Waals surface area contributed by atoms with Crippen LogP contribution in [0.1, 0.15) is 28.8 Å². The van der Waals surface area contributed by atoms with Crippen LogP contribution in [0.15, 0.2) is 18.2 Å². The molecule has 0 saturated heterocycles. The van der Waals surface area contributed by atoms with Gasteiger partial charge in [0.1, 0.15) is 0 Å². The molecule has 21 heavy (non-hydrogen) atoms. The predicted octanol–water partition coefficient (Wildman–Crippen LogP) is 2.06. The number of nitrogens with one attached hydrogen (secondary N) is 2. The van der Waals surface area contributed by atoms with E-state index in [-0.39, 0.29) is 24.2 Å². The Morgan fingerprint density at radius 3 is 2.48 bits per heavy atom. The molecule has 0 unspecified atom stereocenters. The molecule has 0 aliphatic rings. The van der Waals surface area contributed by atoms with Crippen molar-refractivity contribution in [1.82, 2.24) is 10.2 Å². The molecular formula is C15H24ClN3O2. The van der Waals surface area contributed by atoms with Crippen molar-refractivity contribution < 1.29 is 9.59 Å². The fourth-order valence-corrected chi connectivity index (χ4v) is 1.79. The Morgan fingerprint density at radius 1 is 1.24 bits per heavy atom. The standard InChI is InChI=1S/C15H23N3O2.ClH/c1-11-7-8-12(15(20)18(3)4)10-13(11)17-14(19)6-5-9-16-2;/h7-8,10,16H,5-6,9H2,1-4H3,(H,17,19);1H. The van der Waals surface area contributed by atoms with E-state index in [9.17, 15) is 9.59 Å². The number of hydrogen-bond acceptors (Lipinski definition) is 3. The largest absolute Gasteiger partial charge is 0.345 e. The Labute approximate surface area is 132 Å². The second-order valence-electron chi connectivity index (χ2n) is 4.98. The minimum atomic E-state index is -0.0734. The van der Waals surface area contributed by atoms with E-state index >= 15 is 0 Å². The number of carbonyl (C=O) groups excluding carboxylic acids is 2. The van der Waals surface area contributed by atoms with Gasteiger partial charge in [-0.2, -0.15) is 0 Å². The van der Waals surface area contributed by atoms with Crippen molar-refractivity contribution >= 4 is 29.9 Å². The predicted molar refractivity (Wildman–Crippen MR) is 88.2 cm³/mol. The lowest BCUT2D eigenvalue weighted by Crippen LogP contribution is -2.22. The summed E-state index contributed by atoms with van der Waals surface area (Å²) in [4.78, 5) is 25.2. The lowest BCUT2D eigenvalue weighted by Gasteiger charge is -2.13. The first-order valence-electron chi connectivity index (χ1n) is 6.72. The molecule has 1 aromatic rings. The van der Waals surface area contributed by atoms with Crippen LogP contribution in [0.5, 0.6) is 0 Å². The molecule has 6 heteroatoms. The molecule has 2 N–H and O–H groups in total. The number of rotatable bonds is 6. The van der Waals surface area contributed by atoms with Crippen LogP contribution in [-0.2, 0) is 4.79 Å². The normalized spacial score (nSPS) is 9.71. The SMILES string of the molecule is CNCCCC(=O)Nc1cc(C(=O)N(C)C)ccc1C.Cl. The van der Waals surface area contributed by atoms with E-state index in [1.807, 2.05) is 20.0 Å². The van der Waals surface area contributed by atoms with E-state index in [0.29, 0.717) is 17.7 Å². The van der Waals surface area contributed by atoms with Crippen molar-refractivity contribution in [3.63, 3.8) is 0 Å². The van der Waals surface area contributed by atoms with Crippen LogP contribution in [0, 0.1) is 6.92 Å². The maximum absolute atomic E-state index is 11.9.